The highest BCUT2D eigenvalue weighted by Gasteiger charge is 2.27. The number of phosphoric acid groups is 1. The Kier molecular flexibility index (Phi) is 38.3. The SMILES string of the molecule is CCCCC/C=C\C/C=C\CCCCCCCCCC(=O)OC[C@H](COP(=O)(O)OC[C@@H](O)CO)OC(=O)CCCCCCC[C@H](O)[C@@H](O)C/C=C\CCCCC. The zero-order valence-electron chi connectivity index (χ0n) is 35.5. The first kappa shape index (κ1) is 55.1. The lowest BCUT2D eigenvalue weighted by Crippen LogP contribution is -2.29. The quantitative estimate of drug-likeness (QED) is 0.0170. The van der Waals surface area contributed by atoms with Crippen molar-refractivity contribution in [2.45, 2.75) is 205 Å². The molecule has 12 nitrogen and oxygen atoms in total. The first-order chi connectivity index (χ1) is 27.5. The number of carbonyl (C=O) groups is 2. The van der Waals surface area contributed by atoms with Crippen molar-refractivity contribution in [3.05, 3.63) is 36.5 Å². The molecule has 0 aromatic rings. The van der Waals surface area contributed by atoms with Crippen LogP contribution < -0.4 is 0 Å². The topological polar surface area (TPSA) is 189 Å². The first-order valence-corrected chi connectivity index (χ1v) is 23.6. The van der Waals surface area contributed by atoms with Gasteiger partial charge in [-0.15, -0.1) is 0 Å². The predicted octanol–water partition coefficient (Wildman–Crippen LogP) is 9.50. The van der Waals surface area contributed by atoms with Gasteiger partial charge in [-0.05, 0) is 70.6 Å². The van der Waals surface area contributed by atoms with E-state index in [2.05, 4.69) is 48.8 Å². The Morgan fingerprint density at radius 3 is 1.65 bits per heavy atom. The molecule has 0 amide bonds. The summed E-state index contributed by atoms with van der Waals surface area (Å²) in [5.41, 5.74) is 0. The van der Waals surface area contributed by atoms with E-state index in [9.17, 15) is 34.4 Å². The van der Waals surface area contributed by atoms with Crippen LogP contribution in [0.15, 0.2) is 36.5 Å². The molecule has 334 valence electrons. The van der Waals surface area contributed by atoms with Crippen molar-refractivity contribution in [1.82, 2.24) is 0 Å². The normalized spacial score (nSPS) is 15.3. The second-order valence-corrected chi connectivity index (χ2v) is 16.5. The van der Waals surface area contributed by atoms with Crippen LogP contribution in [-0.2, 0) is 32.7 Å². The molecule has 57 heavy (non-hydrogen) atoms. The van der Waals surface area contributed by atoms with E-state index in [1.54, 1.807) is 0 Å². The van der Waals surface area contributed by atoms with Gasteiger partial charge in [0.15, 0.2) is 6.10 Å². The molecule has 0 saturated heterocycles. The third kappa shape index (κ3) is 38.1. The Morgan fingerprint density at radius 1 is 0.579 bits per heavy atom. The van der Waals surface area contributed by atoms with Crippen LogP contribution >= 0.6 is 7.82 Å². The Morgan fingerprint density at radius 2 is 1.07 bits per heavy atom. The van der Waals surface area contributed by atoms with Crippen LogP contribution in [0.1, 0.15) is 181 Å². The fourth-order valence-corrected chi connectivity index (χ4v) is 6.66. The summed E-state index contributed by atoms with van der Waals surface area (Å²) in [7, 11) is -4.66. The van der Waals surface area contributed by atoms with Crippen molar-refractivity contribution in [1.29, 1.82) is 0 Å². The van der Waals surface area contributed by atoms with Crippen LogP contribution in [0.2, 0.25) is 0 Å². The van der Waals surface area contributed by atoms with E-state index in [-0.39, 0.29) is 19.4 Å². The van der Waals surface area contributed by atoms with Gasteiger partial charge in [-0.3, -0.25) is 18.6 Å². The fourth-order valence-electron chi connectivity index (χ4n) is 5.87. The number of hydrogen-bond donors (Lipinski definition) is 5. The molecule has 0 aromatic heterocycles. The minimum atomic E-state index is -4.66. The zero-order chi connectivity index (χ0) is 42.2. The largest absolute Gasteiger partial charge is 0.472 e. The maximum absolute atomic E-state index is 12.6. The number of ether oxygens (including phenoxy) is 2. The average molecular weight is 833 g/mol. The van der Waals surface area contributed by atoms with E-state index in [4.69, 9.17) is 19.1 Å². The van der Waals surface area contributed by atoms with Gasteiger partial charge in [0.2, 0.25) is 0 Å². The summed E-state index contributed by atoms with van der Waals surface area (Å²) >= 11 is 0. The maximum Gasteiger partial charge on any atom is 0.472 e. The van der Waals surface area contributed by atoms with Gasteiger partial charge in [-0.2, -0.15) is 0 Å². The van der Waals surface area contributed by atoms with Gasteiger partial charge in [0.05, 0.1) is 32.0 Å². The molecule has 0 aromatic carbocycles. The molecule has 0 bridgehead atoms. The number of aliphatic hydroxyl groups excluding tert-OH is 4. The van der Waals surface area contributed by atoms with Crippen molar-refractivity contribution in [3.63, 3.8) is 0 Å². The minimum Gasteiger partial charge on any atom is -0.462 e. The van der Waals surface area contributed by atoms with Crippen molar-refractivity contribution >= 4 is 19.8 Å². The number of unbranched alkanes of at least 4 members (excludes halogenated alkanes) is 17. The molecule has 5 N–H and O–H groups in total. The maximum atomic E-state index is 12.6. The van der Waals surface area contributed by atoms with E-state index in [0.29, 0.717) is 25.7 Å². The second-order valence-electron chi connectivity index (χ2n) is 15.0. The summed E-state index contributed by atoms with van der Waals surface area (Å²) in [4.78, 5) is 35.0. The monoisotopic (exact) mass is 833 g/mol. The molecular weight excluding hydrogens is 751 g/mol. The molecule has 0 heterocycles. The number of phosphoric ester groups is 1. The van der Waals surface area contributed by atoms with Gasteiger partial charge >= 0.3 is 19.8 Å². The lowest BCUT2D eigenvalue weighted by atomic mass is 10.0. The molecule has 0 radical (unpaired) electrons. The van der Waals surface area contributed by atoms with E-state index in [1.807, 2.05) is 6.08 Å². The Bertz CT molecular complexity index is 1080. The first-order valence-electron chi connectivity index (χ1n) is 22.1. The van der Waals surface area contributed by atoms with Crippen LogP contribution in [0, 0.1) is 0 Å². The van der Waals surface area contributed by atoms with Crippen LogP contribution in [0.3, 0.4) is 0 Å². The molecule has 0 rings (SSSR count). The summed E-state index contributed by atoms with van der Waals surface area (Å²) in [6.07, 6.45) is 32.7. The lowest BCUT2D eigenvalue weighted by Gasteiger charge is -2.20. The highest BCUT2D eigenvalue weighted by atomic mass is 31.2. The molecule has 13 heteroatoms. The molecule has 0 aliphatic carbocycles. The molecule has 5 atom stereocenters. The Balaban J connectivity index is 4.41. The van der Waals surface area contributed by atoms with Crippen LogP contribution in [0.25, 0.3) is 0 Å². The number of hydrogen-bond acceptors (Lipinski definition) is 11. The molecule has 0 aliphatic rings. The molecule has 0 saturated carbocycles. The standard InChI is InChI=1S/C44H81O12P/c1-3-5-7-9-11-12-13-14-15-16-17-18-19-20-21-25-29-33-43(49)53-37-40(38-55-57(51,52)54-36-39(46)35-45)56-44(50)34-30-26-22-24-28-32-42(48)41(47)31-27-23-10-8-6-4-2/h11-12,14-15,23,27,39-42,45-48H,3-10,13,16-22,24-26,28-38H2,1-2H3,(H,51,52)/b12-11-,15-14-,27-23-/t39-,40+,41-,42-/m0/s1. The summed E-state index contributed by atoms with van der Waals surface area (Å²) in [5, 5.41) is 38.8. The smallest absolute Gasteiger partial charge is 0.462 e. The van der Waals surface area contributed by atoms with Crippen molar-refractivity contribution in [3.8, 4) is 0 Å². The van der Waals surface area contributed by atoms with Gasteiger partial charge in [0.25, 0.3) is 0 Å². The van der Waals surface area contributed by atoms with Crippen molar-refractivity contribution in [2.75, 3.05) is 26.4 Å². The molecule has 0 aliphatic heterocycles. The lowest BCUT2D eigenvalue weighted by molar-refractivity contribution is -0.161. The fraction of sp³-hybridized carbons (Fsp3) is 0.818. The van der Waals surface area contributed by atoms with Gasteiger partial charge < -0.3 is 34.8 Å². The Labute approximate surface area is 345 Å². The number of aliphatic hydroxyl groups is 4. The predicted molar refractivity (Wildman–Crippen MR) is 226 cm³/mol. The molecule has 0 fully saturated rings. The number of carbonyl (C=O) groups excluding carboxylic acids is 2. The minimum absolute atomic E-state index is 0.0832. The summed E-state index contributed by atoms with van der Waals surface area (Å²) in [5.74, 6) is -1.05. The average Bonchev–Trinajstić information content (AvgIpc) is 3.19. The van der Waals surface area contributed by atoms with E-state index in [0.717, 1.165) is 77.0 Å². The van der Waals surface area contributed by atoms with Gasteiger partial charge in [0, 0.05) is 12.8 Å². The second kappa shape index (κ2) is 39.6. The summed E-state index contributed by atoms with van der Waals surface area (Å²) < 4.78 is 32.6. The van der Waals surface area contributed by atoms with E-state index < -0.39 is 64.0 Å². The summed E-state index contributed by atoms with van der Waals surface area (Å²) in [6, 6.07) is 0. The number of esters is 2. The van der Waals surface area contributed by atoms with E-state index >= 15 is 0 Å². The third-order valence-corrected chi connectivity index (χ3v) is 10.4. The zero-order valence-corrected chi connectivity index (χ0v) is 36.4. The van der Waals surface area contributed by atoms with Crippen LogP contribution in [-0.4, -0.2) is 88.1 Å². The highest BCUT2D eigenvalue weighted by Crippen LogP contribution is 2.43. The van der Waals surface area contributed by atoms with Crippen LogP contribution in [0.5, 0.6) is 0 Å². The van der Waals surface area contributed by atoms with Crippen LogP contribution in [0.4, 0.5) is 0 Å². The van der Waals surface area contributed by atoms with Crippen molar-refractivity contribution in [2.24, 2.45) is 0 Å². The molecular formula is C44H81O12P. The third-order valence-electron chi connectivity index (χ3n) is 9.47. The van der Waals surface area contributed by atoms with Gasteiger partial charge in [-0.1, -0.05) is 134 Å². The Hall–Kier alpha value is -1.89. The van der Waals surface area contributed by atoms with E-state index in [1.165, 1.54) is 51.4 Å². The van der Waals surface area contributed by atoms with Gasteiger partial charge in [0.1, 0.15) is 12.7 Å². The molecule has 1 unspecified atom stereocenters. The molecule has 0 spiro atoms. The van der Waals surface area contributed by atoms with Crippen molar-refractivity contribution < 1.29 is 58.0 Å². The number of rotatable bonds is 41. The summed E-state index contributed by atoms with van der Waals surface area (Å²) in [6.45, 7) is 2.11. The van der Waals surface area contributed by atoms with Gasteiger partial charge in [-0.25, -0.2) is 4.57 Å². The highest BCUT2D eigenvalue weighted by molar-refractivity contribution is 7.47. The number of allylic oxidation sites excluding steroid dienone is 5.